The van der Waals surface area contributed by atoms with Crippen LogP contribution in [0.15, 0.2) is 0 Å². The summed E-state index contributed by atoms with van der Waals surface area (Å²) in [5.74, 6) is 0. The van der Waals surface area contributed by atoms with Gasteiger partial charge in [0.25, 0.3) is 0 Å². The molecule has 46 valence electrons. The third-order valence-electron chi connectivity index (χ3n) is 0.566. The number of aliphatic hydroxyl groups is 2. The van der Waals surface area contributed by atoms with E-state index in [0.717, 1.165) is 12.8 Å². The molecule has 0 aliphatic rings. The summed E-state index contributed by atoms with van der Waals surface area (Å²) in [6.07, 6.45) is 1.44. The van der Waals surface area contributed by atoms with Gasteiger partial charge in [-0.3, -0.25) is 0 Å². The SMILES string of the molecule is Br.OCCCCO. The van der Waals surface area contributed by atoms with E-state index in [1.807, 2.05) is 0 Å². The summed E-state index contributed by atoms with van der Waals surface area (Å²) in [4.78, 5) is 0. The lowest BCUT2D eigenvalue weighted by atomic mass is 10.3. The minimum atomic E-state index is 0. The summed E-state index contributed by atoms with van der Waals surface area (Å²) in [5.41, 5.74) is 0. The van der Waals surface area contributed by atoms with E-state index < -0.39 is 0 Å². The van der Waals surface area contributed by atoms with E-state index in [1.54, 1.807) is 0 Å². The van der Waals surface area contributed by atoms with Crippen molar-refractivity contribution in [1.82, 2.24) is 0 Å². The van der Waals surface area contributed by atoms with Gasteiger partial charge >= 0.3 is 0 Å². The van der Waals surface area contributed by atoms with Gasteiger partial charge in [-0.15, -0.1) is 17.0 Å². The Balaban J connectivity index is 0. The fraction of sp³-hybridized carbons (Fsp3) is 1.00. The number of aliphatic hydroxyl groups excluding tert-OH is 2. The third kappa shape index (κ3) is 10.7. The Morgan fingerprint density at radius 3 is 1.29 bits per heavy atom. The molecule has 3 heteroatoms. The number of rotatable bonds is 3. The van der Waals surface area contributed by atoms with Crippen LogP contribution in [0.25, 0.3) is 0 Å². The maximum Gasteiger partial charge on any atom is 0.0431 e. The predicted octanol–water partition coefficient (Wildman–Crippen LogP) is 0.329. The van der Waals surface area contributed by atoms with E-state index >= 15 is 0 Å². The summed E-state index contributed by atoms with van der Waals surface area (Å²) in [6, 6.07) is 0. The van der Waals surface area contributed by atoms with Crippen LogP contribution in [-0.2, 0) is 0 Å². The van der Waals surface area contributed by atoms with Gasteiger partial charge in [0.15, 0.2) is 0 Å². The van der Waals surface area contributed by atoms with E-state index in [9.17, 15) is 0 Å². The van der Waals surface area contributed by atoms with Crippen molar-refractivity contribution in [3.05, 3.63) is 0 Å². The first-order valence-electron chi connectivity index (χ1n) is 2.13. The Kier molecular flexibility index (Phi) is 14.3. The Hall–Kier alpha value is 0.400. The van der Waals surface area contributed by atoms with Gasteiger partial charge in [-0.1, -0.05) is 0 Å². The van der Waals surface area contributed by atoms with Crippen LogP contribution in [0.5, 0.6) is 0 Å². The molecule has 0 radical (unpaired) electrons. The smallest absolute Gasteiger partial charge is 0.0431 e. The second-order valence-electron chi connectivity index (χ2n) is 1.15. The zero-order valence-corrected chi connectivity index (χ0v) is 5.84. The highest BCUT2D eigenvalue weighted by atomic mass is 79.9. The molecular formula is C4H11BrO2. The maximum atomic E-state index is 8.09. The minimum Gasteiger partial charge on any atom is -0.396 e. The third-order valence-corrected chi connectivity index (χ3v) is 0.566. The molecule has 0 aromatic carbocycles. The quantitative estimate of drug-likeness (QED) is 0.600. The molecule has 0 unspecified atom stereocenters. The molecule has 0 aromatic rings. The van der Waals surface area contributed by atoms with Crippen LogP contribution in [0.1, 0.15) is 12.8 Å². The molecule has 0 amide bonds. The molecule has 0 fully saturated rings. The van der Waals surface area contributed by atoms with E-state index in [4.69, 9.17) is 10.2 Å². The monoisotopic (exact) mass is 170 g/mol. The highest BCUT2D eigenvalue weighted by molar-refractivity contribution is 8.93. The van der Waals surface area contributed by atoms with E-state index in [1.165, 1.54) is 0 Å². The average molecular weight is 171 g/mol. The second-order valence-corrected chi connectivity index (χ2v) is 1.15. The molecule has 0 saturated carbocycles. The number of hydrogen-bond acceptors (Lipinski definition) is 2. The van der Waals surface area contributed by atoms with Crippen LogP contribution < -0.4 is 0 Å². The maximum absolute atomic E-state index is 8.09. The normalized spacial score (nSPS) is 7.71. The van der Waals surface area contributed by atoms with Crippen LogP contribution in [-0.4, -0.2) is 23.4 Å². The lowest BCUT2D eigenvalue weighted by Crippen LogP contribution is -1.85. The lowest BCUT2D eigenvalue weighted by Gasteiger charge is -1.85. The standard InChI is InChI=1S/C4H10O2.BrH/c5-3-1-2-4-6;/h5-6H,1-4H2;1H. The number of hydrogen-bond donors (Lipinski definition) is 2. The summed E-state index contributed by atoms with van der Waals surface area (Å²) < 4.78 is 0. The van der Waals surface area contributed by atoms with Crippen LogP contribution in [0, 0.1) is 0 Å². The molecule has 0 heterocycles. The Morgan fingerprint density at radius 2 is 1.14 bits per heavy atom. The average Bonchev–Trinajstić information content (AvgIpc) is 1.61. The van der Waals surface area contributed by atoms with Crippen molar-refractivity contribution < 1.29 is 10.2 Å². The highest BCUT2D eigenvalue weighted by Gasteiger charge is 1.77. The van der Waals surface area contributed by atoms with Crippen molar-refractivity contribution in [3.8, 4) is 0 Å². The summed E-state index contributed by atoms with van der Waals surface area (Å²) in [6.45, 7) is 0.390. The first kappa shape index (κ1) is 10.4. The molecule has 7 heavy (non-hydrogen) atoms. The van der Waals surface area contributed by atoms with Crippen LogP contribution in [0.3, 0.4) is 0 Å². The Labute approximate surface area is 53.9 Å². The van der Waals surface area contributed by atoms with Crippen LogP contribution in [0.2, 0.25) is 0 Å². The van der Waals surface area contributed by atoms with Gasteiger partial charge in [-0.05, 0) is 12.8 Å². The van der Waals surface area contributed by atoms with Crippen molar-refractivity contribution in [3.63, 3.8) is 0 Å². The first-order chi connectivity index (χ1) is 2.91. The van der Waals surface area contributed by atoms with Gasteiger partial charge in [0.05, 0.1) is 0 Å². The topological polar surface area (TPSA) is 40.5 Å². The van der Waals surface area contributed by atoms with Crippen LogP contribution in [0.4, 0.5) is 0 Å². The molecule has 0 saturated heterocycles. The molecule has 0 aliphatic carbocycles. The van der Waals surface area contributed by atoms with E-state index in [2.05, 4.69) is 0 Å². The lowest BCUT2D eigenvalue weighted by molar-refractivity contribution is 0.242. The van der Waals surface area contributed by atoms with Crippen molar-refractivity contribution in [2.45, 2.75) is 12.8 Å². The summed E-state index contributed by atoms with van der Waals surface area (Å²) >= 11 is 0. The molecule has 0 rings (SSSR count). The van der Waals surface area contributed by atoms with Crippen LogP contribution >= 0.6 is 17.0 Å². The van der Waals surface area contributed by atoms with E-state index in [-0.39, 0.29) is 30.2 Å². The van der Waals surface area contributed by atoms with Crippen molar-refractivity contribution in [2.75, 3.05) is 13.2 Å². The fourth-order valence-corrected chi connectivity index (χ4v) is 0.224. The largest absolute Gasteiger partial charge is 0.396 e. The van der Waals surface area contributed by atoms with Gasteiger partial charge in [0, 0.05) is 13.2 Å². The molecule has 0 atom stereocenters. The second kappa shape index (κ2) is 9.64. The van der Waals surface area contributed by atoms with Crippen molar-refractivity contribution >= 4 is 17.0 Å². The molecule has 0 aromatic heterocycles. The highest BCUT2D eigenvalue weighted by Crippen LogP contribution is 1.80. The molecule has 0 bridgehead atoms. The van der Waals surface area contributed by atoms with E-state index in [0.29, 0.717) is 0 Å². The number of halogens is 1. The van der Waals surface area contributed by atoms with Crippen molar-refractivity contribution in [1.29, 1.82) is 0 Å². The number of unbranched alkanes of at least 4 members (excludes halogenated alkanes) is 1. The molecule has 0 spiro atoms. The zero-order valence-electron chi connectivity index (χ0n) is 4.13. The van der Waals surface area contributed by atoms with Gasteiger partial charge in [-0.25, -0.2) is 0 Å². The van der Waals surface area contributed by atoms with Gasteiger partial charge < -0.3 is 10.2 Å². The molecule has 2 nitrogen and oxygen atoms in total. The van der Waals surface area contributed by atoms with Crippen molar-refractivity contribution in [2.24, 2.45) is 0 Å². The molecule has 2 N–H and O–H groups in total. The fourth-order valence-electron chi connectivity index (χ4n) is 0.224. The predicted molar refractivity (Wildman–Crippen MR) is 33.7 cm³/mol. The first-order valence-corrected chi connectivity index (χ1v) is 2.13. The van der Waals surface area contributed by atoms with Gasteiger partial charge in [0.2, 0.25) is 0 Å². The summed E-state index contributed by atoms with van der Waals surface area (Å²) in [5, 5.41) is 16.2. The molecular weight excluding hydrogens is 160 g/mol. The zero-order chi connectivity index (χ0) is 4.83. The Bertz CT molecular complexity index is 21.7. The summed E-state index contributed by atoms with van der Waals surface area (Å²) in [7, 11) is 0. The minimum absolute atomic E-state index is 0. The molecule has 0 aliphatic heterocycles. The Morgan fingerprint density at radius 1 is 0.857 bits per heavy atom. The van der Waals surface area contributed by atoms with Gasteiger partial charge in [-0.2, -0.15) is 0 Å². The van der Waals surface area contributed by atoms with Gasteiger partial charge in [0.1, 0.15) is 0 Å².